The summed E-state index contributed by atoms with van der Waals surface area (Å²) in [4.78, 5) is 11.8. The van der Waals surface area contributed by atoms with Gasteiger partial charge in [0.15, 0.2) is 0 Å². The number of benzene rings is 1. The molecule has 1 unspecified atom stereocenters. The number of carbonyl (C=O) groups excluding carboxylic acids is 1. The molecule has 0 spiro atoms. The average Bonchev–Trinajstić information content (AvgIpc) is 3.13. The molecular weight excluding hydrogens is 210 g/mol. The number of rotatable bonds is 4. The van der Waals surface area contributed by atoms with E-state index in [1.165, 1.54) is 16.7 Å². The van der Waals surface area contributed by atoms with Crippen LogP contribution in [-0.2, 0) is 4.79 Å². The summed E-state index contributed by atoms with van der Waals surface area (Å²) in [5.41, 5.74) is 3.82. The highest BCUT2D eigenvalue weighted by molar-refractivity contribution is 5.81. The lowest BCUT2D eigenvalue weighted by Crippen LogP contribution is -2.29. The third-order valence-electron chi connectivity index (χ3n) is 3.61. The van der Waals surface area contributed by atoms with Crippen molar-refractivity contribution in [1.29, 1.82) is 0 Å². The molecule has 0 radical (unpaired) electrons. The minimum Gasteiger partial charge on any atom is -0.349 e. The number of aryl methyl sites for hydroxylation is 2. The van der Waals surface area contributed by atoms with Gasteiger partial charge in [-0.05, 0) is 49.8 Å². The van der Waals surface area contributed by atoms with Crippen LogP contribution < -0.4 is 5.32 Å². The summed E-state index contributed by atoms with van der Waals surface area (Å²) >= 11 is 0. The molecule has 0 heterocycles. The van der Waals surface area contributed by atoms with Crippen molar-refractivity contribution in [2.24, 2.45) is 5.92 Å². The monoisotopic (exact) mass is 231 g/mol. The Morgan fingerprint density at radius 1 is 1.35 bits per heavy atom. The predicted molar refractivity (Wildman–Crippen MR) is 69.8 cm³/mol. The van der Waals surface area contributed by atoms with Crippen LogP contribution in [0.5, 0.6) is 0 Å². The maximum Gasteiger partial charge on any atom is 0.223 e. The summed E-state index contributed by atoms with van der Waals surface area (Å²) in [6.45, 7) is 6.35. The fourth-order valence-electron chi connectivity index (χ4n) is 2.04. The van der Waals surface area contributed by atoms with Gasteiger partial charge < -0.3 is 5.32 Å². The predicted octanol–water partition coefficient (Wildman–Crippen LogP) is 3.28. The number of nitrogens with one attached hydrogen (secondary N) is 1. The van der Waals surface area contributed by atoms with E-state index in [0.717, 1.165) is 19.3 Å². The molecule has 1 aliphatic carbocycles. The van der Waals surface area contributed by atoms with E-state index < -0.39 is 0 Å². The highest BCUT2D eigenvalue weighted by atomic mass is 16.2. The van der Waals surface area contributed by atoms with Gasteiger partial charge >= 0.3 is 0 Å². The average molecular weight is 231 g/mol. The molecule has 0 bridgehead atoms. The van der Waals surface area contributed by atoms with Crippen molar-refractivity contribution in [3.8, 4) is 0 Å². The molecule has 92 valence electrons. The molecule has 0 saturated heterocycles. The van der Waals surface area contributed by atoms with Crippen LogP contribution in [0.2, 0.25) is 0 Å². The molecule has 1 aromatic rings. The first-order chi connectivity index (χ1) is 8.11. The van der Waals surface area contributed by atoms with E-state index in [1.54, 1.807) is 0 Å². The van der Waals surface area contributed by atoms with E-state index in [0.29, 0.717) is 0 Å². The molecule has 1 saturated carbocycles. The number of hydrogen-bond acceptors (Lipinski definition) is 1. The molecule has 1 atom stereocenters. The summed E-state index contributed by atoms with van der Waals surface area (Å²) in [5, 5.41) is 3.15. The standard InChI is InChI=1S/C15H21NO/c1-4-14(16-15(17)12-7-8-12)13-6-5-10(2)11(3)9-13/h5-6,9,12,14H,4,7-8H2,1-3H3,(H,16,17). The molecule has 0 aromatic heterocycles. The fourth-order valence-corrected chi connectivity index (χ4v) is 2.04. The van der Waals surface area contributed by atoms with Gasteiger partial charge in [0.1, 0.15) is 0 Å². The largest absolute Gasteiger partial charge is 0.349 e. The van der Waals surface area contributed by atoms with E-state index in [9.17, 15) is 4.79 Å². The van der Waals surface area contributed by atoms with E-state index >= 15 is 0 Å². The minimum absolute atomic E-state index is 0.169. The van der Waals surface area contributed by atoms with Gasteiger partial charge in [-0.25, -0.2) is 0 Å². The zero-order valence-electron chi connectivity index (χ0n) is 10.9. The van der Waals surface area contributed by atoms with Crippen molar-refractivity contribution in [3.05, 3.63) is 34.9 Å². The van der Waals surface area contributed by atoms with Gasteiger partial charge in [0, 0.05) is 5.92 Å². The Morgan fingerprint density at radius 2 is 2.06 bits per heavy atom. The third-order valence-corrected chi connectivity index (χ3v) is 3.61. The van der Waals surface area contributed by atoms with Crippen molar-refractivity contribution in [2.45, 2.75) is 46.1 Å². The van der Waals surface area contributed by atoms with Gasteiger partial charge in [-0.2, -0.15) is 0 Å². The van der Waals surface area contributed by atoms with Crippen LogP contribution in [0.1, 0.15) is 48.9 Å². The molecule has 1 fully saturated rings. The maximum atomic E-state index is 11.8. The van der Waals surface area contributed by atoms with Gasteiger partial charge in [0.05, 0.1) is 6.04 Å². The molecule has 1 aliphatic rings. The minimum atomic E-state index is 0.169. The van der Waals surface area contributed by atoms with E-state index in [-0.39, 0.29) is 17.9 Å². The lowest BCUT2D eigenvalue weighted by atomic mass is 9.99. The first-order valence-corrected chi connectivity index (χ1v) is 6.49. The van der Waals surface area contributed by atoms with Crippen molar-refractivity contribution in [3.63, 3.8) is 0 Å². The molecule has 2 heteroatoms. The summed E-state index contributed by atoms with van der Waals surface area (Å²) in [6, 6.07) is 6.62. The maximum absolute atomic E-state index is 11.8. The SMILES string of the molecule is CCC(NC(=O)C1CC1)c1ccc(C)c(C)c1. The Balaban J connectivity index is 2.10. The van der Waals surface area contributed by atoms with Crippen molar-refractivity contribution < 1.29 is 4.79 Å². The van der Waals surface area contributed by atoms with Crippen LogP contribution in [0.25, 0.3) is 0 Å². The number of carbonyl (C=O) groups is 1. The highest BCUT2D eigenvalue weighted by Gasteiger charge is 2.30. The Hall–Kier alpha value is -1.31. The summed E-state index contributed by atoms with van der Waals surface area (Å²) < 4.78 is 0. The van der Waals surface area contributed by atoms with Gasteiger partial charge in [-0.3, -0.25) is 4.79 Å². The summed E-state index contributed by atoms with van der Waals surface area (Å²) in [6.07, 6.45) is 3.07. The zero-order chi connectivity index (χ0) is 12.4. The Labute approximate surface area is 103 Å². The van der Waals surface area contributed by atoms with E-state index in [4.69, 9.17) is 0 Å². The first kappa shape index (κ1) is 12.2. The molecule has 17 heavy (non-hydrogen) atoms. The van der Waals surface area contributed by atoms with Crippen LogP contribution >= 0.6 is 0 Å². The topological polar surface area (TPSA) is 29.1 Å². The van der Waals surface area contributed by atoms with Crippen molar-refractivity contribution in [1.82, 2.24) is 5.32 Å². The van der Waals surface area contributed by atoms with Crippen LogP contribution in [0.4, 0.5) is 0 Å². The molecular formula is C15H21NO. The quantitative estimate of drug-likeness (QED) is 0.846. The smallest absolute Gasteiger partial charge is 0.223 e. The highest BCUT2D eigenvalue weighted by Crippen LogP contribution is 2.30. The second kappa shape index (κ2) is 4.91. The van der Waals surface area contributed by atoms with Crippen molar-refractivity contribution in [2.75, 3.05) is 0 Å². The van der Waals surface area contributed by atoms with Crippen LogP contribution in [0.15, 0.2) is 18.2 Å². The molecule has 2 nitrogen and oxygen atoms in total. The second-order valence-electron chi connectivity index (χ2n) is 5.09. The lowest BCUT2D eigenvalue weighted by Gasteiger charge is -2.18. The molecule has 0 aliphatic heterocycles. The fraction of sp³-hybridized carbons (Fsp3) is 0.533. The van der Waals surface area contributed by atoms with Gasteiger partial charge in [-0.15, -0.1) is 0 Å². The summed E-state index contributed by atoms with van der Waals surface area (Å²) in [7, 11) is 0. The summed E-state index contributed by atoms with van der Waals surface area (Å²) in [5.74, 6) is 0.519. The second-order valence-corrected chi connectivity index (χ2v) is 5.09. The third kappa shape index (κ3) is 2.87. The lowest BCUT2D eigenvalue weighted by molar-refractivity contribution is -0.123. The molecule has 1 aromatic carbocycles. The number of amides is 1. The zero-order valence-corrected chi connectivity index (χ0v) is 10.9. The molecule has 2 rings (SSSR count). The van der Waals surface area contributed by atoms with Gasteiger partial charge in [-0.1, -0.05) is 25.1 Å². The molecule has 1 amide bonds. The normalized spacial score (nSPS) is 16.6. The van der Waals surface area contributed by atoms with Crippen LogP contribution in [-0.4, -0.2) is 5.91 Å². The van der Waals surface area contributed by atoms with E-state index in [2.05, 4.69) is 44.3 Å². The Bertz CT molecular complexity index is 421. The van der Waals surface area contributed by atoms with Crippen LogP contribution in [0, 0.1) is 19.8 Å². The first-order valence-electron chi connectivity index (χ1n) is 6.49. The van der Waals surface area contributed by atoms with Gasteiger partial charge in [0.25, 0.3) is 0 Å². The molecule has 1 N–H and O–H groups in total. The Morgan fingerprint density at radius 3 is 2.59 bits per heavy atom. The van der Waals surface area contributed by atoms with Crippen molar-refractivity contribution >= 4 is 5.91 Å². The Kier molecular flexibility index (Phi) is 3.51. The van der Waals surface area contributed by atoms with Crippen LogP contribution in [0.3, 0.4) is 0 Å². The number of hydrogen-bond donors (Lipinski definition) is 1. The van der Waals surface area contributed by atoms with Gasteiger partial charge in [0.2, 0.25) is 5.91 Å². The van der Waals surface area contributed by atoms with E-state index in [1.807, 2.05) is 0 Å².